The largest absolute Gasteiger partial charge is 0.378 e. The number of pyridine rings is 1. The molecule has 0 spiro atoms. The molecule has 0 unspecified atom stereocenters. The Hall–Kier alpha value is -3.11. The first-order valence-electron chi connectivity index (χ1n) is 10.2. The van der Waals surface area contributed by atoms with Crippen molar-refractivity contribution in [2.75, 3.05) is 49.6 Å². The molecule has 4 heterocycles. The quantitative estimate of drug-likeness (QED) is 0.671. The van der Waals surface area contributed by atoms with Crippen molar-refractivity contribution < 1.29 is 13.5 Å². The van der Waals surface area contributed by atoms with E-state index in [2.05, 4.69) is 31.3 Å². The van der Waals surface area contributed by atoms with Crippen molar-refractivity contribution in [2.24, 2.45) is 0 Å². The molecule has 1 N–H and O–H groups in total. The van der Waals surface area contributed by atoms with E-state index >= 15 is 0 Å². The molecule has 0 radical (unpaired) electrons. The summed E-state index contributed by atoms with van der Waals surface area (Å²) in [7, 11) is 0. The van der Waals surface area contributed by atoms with Gasteiger partial charge < -0.3 is 15.0 Å². The molecule has 2 aliphatic heterocycles. The summed E-state index contributed by atoms with van der Waals surface area (Å²) >= 11 is 0. The Bertz CT molecular complexity index is 1060. The van der Waals surface area contributed by atoms with Crippen molar-refractivity contribution in [3.05, 3.63) is 53.9 Å². The summed E-state index contributed by atoms with van der Waals surface area (Å²) < 4.78 is 33.6. The molecule has 2 aliphatic rings. The second-order valence-corrected chi connectivity index (χ2v) is 7.87. The van der Waals surface area contributed by atoms with Crippen LogP contribution < -0.4 is 10.2 Å². The second kappa shape index (κ2) is 8.20. The molecule has 0 bridgehead atoms. The zero-order valence-electron chi connectivity index (χ0n) is 17.1. The highest BCUT2D eigenvalue weighted by Crippen LogP contribution is 2.22. The van der Waals surface area contributed by atoms with E-state index in [0.717, 1.165) is 56.8 Å². The number of nitrogens with zero attached hydrogens (tertiary/aromatic N) is 6. The molecule has 0 aliphatic carbocycles. The molecule has 0 saturated carbocycles. The first-order valence-corrected chi connectivity index (χ1v) is 10.2. The second-order valence-electron chi connectivity index (χ2n) is 7.87. The van der Waals surface area contributed by atoms with E-state index in [-0.39, 0.29) is 5.69 Å². The number of hydrogen-bond acceptors (Lipinski definition) is 7. The minimum atomic E-state index is -0.671. The van der Waals surface area contributed by atoms with E-state index in [0.29, 0.717) is 17.8 Å². The van der Waals surface area contributed by atoms with Gasteiger partial charge in [0.05, 0.1) is 24.9 Å². The molecule has 10 heteroatoms. The van der Waals surface area contributed by atoms with Gasteiger partial charge in [0, 0.05) is 32.2 Å². The molecule has 3 aromatic rings. The summed E-state index contributed by atoms with van der Waals surface area (Å²) in [4.78, 5) is 13.7. The maximum atomic E-state index is 13.5. The minimum Gasteiger partial charge on any atom is -0.378 e. The SMILES string of the molecule is Cc1cc(Nc2ncn(-c3cc(F)cc(F)c3)n2)nc(N2CCN(C3COC3)CC2)c1. The van der Waals surface area contributed by atoms with Gasteiger partial charge >= 0.3 is 0 Å². The third-order valence-corrected chi connectivity index (χ3v) is 5.57. The van der Waals surface area contributed by atoms with Crippen LogP contribution in [-0.2, 0) is 4.74 Å². The van der Waals surface area contributed by atoms with Gasteiger partial charge in [0.2, 0.25) is 5.95 Å². The summed E-state index contributed by atoms with van der Waals surface area (Å²) in [6.07, 6.45) is 1.40. The highest BCUT2D eigenvalue weighted by molar-refractivity contribution is 5.55. The topological polar surface area (TPSA) is 71.3 Å². The van der Waals surface area contributed by atoms with E-state index < -0.39 is 11.6 Å². The Kier molecular flexibility index (Phi) is 5.24. The van der Waals surface area contributed by atoms with Gasteiger partial charge in [-0.05, 0) is 36.8 Å². The van der Waals surface area contributed by atoms with Crippen LogP contribution in [0.4, 0.5) is 26.4 Å². The molecule has 2 fully saturated rings. The third-order valence-electron chi connectivity index (χ3n) is 5.57. The molecule has 162 valence electrons. The Morgan fingerprint density at radius 1 is 1.00 bits per heavy atom. The maximum Gasteiger partial charge on any atom is 0.248 e. The van der Waals surface area contributed by atoms with Gasteiger partial charge in [0.1, 0.15) is 29.6 Å². The number of anilines is 3. The van der Waals surface area contributed by atoms with Gasteiger partial charge in [-0.25, -0.2) is 18.4 Å². The molecular formula is C21H23F2N7O. The first kappa shape index (κ1) is 19.8. The van der Waals surface area contributed by atoms with Gasteiger partial charge in [0.25, 0.3) is 0 Å². The normalized spacial score (nSPS) is 17.6. The molecular weight excluding hydrogens is 404 g/mol. The van der Waals surface area contributed by atoms with Crippen molar-refractivity contribution in [2.45, 2.75) is 13.0 Å². The lowest BCUT2D eigenvalue weighted by atomic mass is 10.2. The summed E-state index contributed by atoms with van der Waals surface area (Å²) in [6.45, 7) is 7.47. The molecule has 8 nitrogen and oxygen atoms in total. The fourth-order valence-corrected chi connectivity index (χ4v) is 3.86. The number of aryl methyl sites for hydroxylation is 1. The van der Waals surface area contributed by atoms with E-state index in [9.17, 15) is 8.78 Å². The number of aromatic nitrogens is 4. The minimum absolute atomic E-state index is 0.255. The zero-order chi connectivity index (χ0) is 21.4. The standard InChI is InChI=1S/C21H23F2N7O/c1-14-6-19(25-20(7-14)29-4-2-28(3-5-29)18-11-31-12-18)26-21-24-13-30(27-21)17-9-15(22)8-16(23)10-17/h6-10,13,18H,2-5,11-12H2,1H3,(H,25,26,27). The van der Waals surface area contributed by atoms with Crippen LogP contribution in [0.1, 0.15) is 5.56 Å². The summed E-state index contributed by atoms with van der Waals surface area (Å²) in [5.41, 5.74) is 1.32. The number of benzene rings is 1. The molecule has 31 heavy (non-hydrogen) atoms. The zero-order valence-corrected chi connectivity index (χ0v) is 17.1. The van der Waals surface area contributed by atoms with Gasteiger partial charge in [-0.15, -0.1) is 5.10 Å². The van der Waals surface area contributed by atoms with Gasteiger partial charge in [-0.1, -0.05) is 0 Å². The van der Waals surface area contributed by atoms with Crippen LogP contribution in [0.3, 0.4) is 0 Å². The number of nitrogens with one attached hydrogen (secondary N) is 1. The molecule has 0 amide bonds. The Balaban J connectivity index is 1.29. The fraction of sp³-hybridized carbons (Fsp3) is 0.381. The Morgan fingerprint density at radius 2 is 1.74 bits per heavy atom. The monoisotopic (exact) mass is 427 g/mol. The molecule has 1 aromatic carbocycles. The van der Waals surface area contributed by atoms with Crippen LogP contribution in [0.25, 0.3) is 5.69 Å². The molecule has 2 saturated heterocycles. The Morgan fingerprint density at radius 3 is 2.42 bits per heavy atom. The fourth-order valence-electron chi connectivity index (χ4n) is 3.86. The van der Waals surface area contributed by atoms with Crippen molar-refractivity contribution in [3.8, 4) is 5.69 Å². The lowest BCUT2D eigenvalue weighted by Crippen LogP contribution is -2.56. The van der Waals surface area contributed by atoms with Crippen LogP contribution in [0.5, 0.6) is 0 Å². The van der Waals surface area contributed by atoms with Gasteiger partial charge in [0.15, 0.2) is 0 Å². The van der Waals surface area contributed by atoms with Crippen molar-refractivity contribution in [1.29, 1.82) is 0 Å². The van der Waals surface area contributed by atoms with Gasteiger partial charge in [-0.2, -0.15) is 4.98 Å². The maximum absolute atomic E-state index is 13.5. The van der Waals surface area contributed by atoms with Crippen molar-refractivity contribution in [1.82, 2.24) is 24.6 Å². The highest BCUT2D eigenvalue weighted by atomic mass is 19.1. The number of ether oxygens (including phenoxy) is 1. The lowest BCUT2D eigenvalue weighted by Gasteiger charge is -2.42. The van der Waals surface area contributed by atoms with E-state index in [1.807, 2.05) is 13.0 Å². The molecule has 2 aromatic heterocycles. The first-order chi connectivity index (χ1) is 15.0. The third kappa shape index (κ3) is 4.35. The lowest BCUT2D eigenvalue weighted by molar-refractivity contribution is -0.0660. The number of rotatable bonds is 5. The highest BCUT2D eigenvalue weighted by Gasteiger charge is 2.29. The summed E-state index contributed by atoms with van der Waals surface area (Å²) in [5, 5.41) is 7.36. The predicted molar refractivity (Wildman–Crippen MR) is 112 cm³/mol. The van der Waals surface area contributed by atoms with Crippen LogP contribution >= 0.6 is 0 Å². The van der Waals surface area contributed by atoms with E-state index in [1.54, 1.807) is 0 Å². The van der Waals surface area contributed by atoms with Crippen LogP contribution in [0.2, 0.25) is 0 Å². The van der Waals surface area contributed by atoms with Crippen molar-refractivity contribution >= 4 is 17.6 Å². The summed E-state index contributed by atoms with van der Waals surface area (Å²) in [6, 6.07) is 7.73. The van der Waals surface area contributed by atoms with E-state index in [4.69, 9.17) is 9.72 Å². The van der Waals surface area contributed by atoms with Crippen LogP contribution in [-0.4, -0.2) is 70.1 Å². The van der Waals surface area contributed by atoms with E-state index in [1.165, 1.54) is 23.1 Å². The molecule has 5 rings (SSSR count). The number of piperazine rings is 1. The van der Waals surface area contributed by atoms with Crippen LogP contribution in [0, 0.1) is 18.6 Å². The summed E-state index contributed by atoms with van der Waals surface area (Å²) in [5.74, 6) is 0.472. The van der Waals surface area contributed by atoms with Gasteiger partial charge in [-0.3, -0.25) is 4.90 Å². The Labute approximate surface area is 178 Å². The average Bonchev–Trinajstić information content (AvgIpc) is 3.14. The number of hydrogen-bond donors (Lipinski definition) is 1. The van der Waals surface area contributed by atoms with Crippen LogP contribution in [0.15, 0.2) is 36.7 Å². The smallest absolute Gasteiger partial charge is 0.248 e. The van der Waals surface area contributed by atoms with Crippen molar-refractivity contribution in [3.63, 3.8) is 0 Å². The molecule has 0 atom stereocenters. The predicted octanol–water partition coefficient (Wildman–Crippen LogP) is 2.51. The number of halogens is 2. The average molecular weight is 427 g/mol.